The Labute approximate surface area is 183 Å². The van der Waals surface area contributed by atoms with Crippen molar-refractivity contribution in [3.63, 3.8) is 0 Å². The van der Waals surface area contributed by atoms with Gasteiger partial charge in [-0.05, 0) is 61.9 Å². The Morgan fingerprint density at radius 2 is 1.71 bits per heavy atom. The van der Waals surface area contributed by atoms with Crippen LogP contribution in [-0.2, 0) is 6.42 Å². The summed E-state index contributed by atoms with van der Waals surface area (Å²) in [6.45, 7) is 1.33. The molecule has 0 amide bonds. The minimum Gasteiger partial charge on any atom is -0.387 e. The molecule has 1 spiro atoms. The summed E-state index contributed by atoms with van der Waals surface area (Å²) in [5, 5.41) is 13.6. The lowest BCUT2D eigenvalue weighted by Gasteiger charge is -2.45. The van der Waals surface area contributed by atoms with Crippen molar-refractivity contribution in [3.8, 4) is 0 Å². The van der Waals surface area contributed by atoms with Crippen LogP contribution in [0, 0.1) is 0 Å². The number of nitrogens with two attached hydrogens (primary N) is 2. The van der Waals surface area contributed by atoms with Crippen LogP contribution in [-0.4, -0.2) is 35.8 Å². The van der Waals surface area contributed by atoms with Gasteiger partial charge in [0, 0.05) is 12.2 Å². The Morgan fingerprint density at radius 1 is 1.00 bits per heavy atom. The van der Waals surface area contributed by atoms with Crippen LogP contribution >= 0.6 is 0 Å². The Kier molecular flexibility index (Phi) is 6.53. The van der Waals surface area contributed by atoms with E-state index in [9.17, 15) is 5.11 Å². The highest BCUT2D eigenvalue weighted by Gasteiger charge is 2.42. The highest BCUT2D eigenvalue weighted by atomic mass is 16.3. The predicted molar refractivity (Wildman–Crippen MR) is 126 cm³/mol. The van der Waals surface area contributed by atoms with Gasteiger partial charge >= 0.3 is 0 Å². The van der Waals surface area contributed by atoms with Crippen LogP contribution in [0.25, 0.3) is 0 Å². The van der Waals surface area contributed by atoms with Crippen LogP contribution in [0.4, 0.5) is 5.69 Å². The SMILES string of the molecule is NC1=NC2(CCCCC2)N(c2ccc(CCNCC(O)c3ccccc3)cc2)C(N)=N1. The molecule has 2 aromatic carbocycles. The van der Waals surface area contributed by atoms with E-state index < -0.39 is 11.8 Å². The number of anilines is 1. The van der Waals surface area contributed by atoms with Crippen molar-refractivity contribution < 1.29 is 5.11 Å². The molecule has 0 aromatic heterocycles. The van der Waals surface area contributed by atoms with Crippen molar-refractivity contribution in [1.82, 2.24) is 5.32 Å². The number of rotatable bonds is 7. The monoisotopic (exact) mass is 420 g/mol. The predicted octanol–water partition coefficient (Wildman–Crippen LogP) is 2.66. The number of benzene rings is 2. The molecule has 1 heterocycles. The number of aliphatic imine (C=N–C) groups is 2. The molecule has 7 heteroatoms. The maximum atomic E-state index is 10.3. The van der Waals surface area contributed by atoms with Crippen molar-refractivity contribution in [2.24, 2.45) is 21.5 Å². The summed E-state index contributed by atoms with van der Waals surface area (Å²) in [6, 6.07) is 18.1. The molecule has 0 bridgehead atoms. The number of nitrogens with zero attached hydrogens (tertiary/aromatic N) is 3. The third-order valence-corrected chi connectivity index (χ3v) is 6.16. The highest BCUT2D eigenvalue weighted by molar-refractivity contribution is 6.05. The van der Waals surface area contributed by atoms with Gasteiger partial charge in [-0.25, -0.2) is 4.99 Å². The summed E-state index contributed by atoms with van der Waals surface area (Å²) < 4.78 is 0. The maximum absolute atomic E-state index is 10.3. The number of aliphatic hydroxyl groups is 1. The molecular formula is C24H32N6O. The largest absolute Gasteiger partial charge is 0.387 e. The first-order valence-corrected chi connectivity index (χ1v) is 11.1. The molecule has 0 radical (unpaired) electrons. The van der Waals surface area contributed by atoms with Gasteiger partial charge in [0.25, 0.3) is 0 Å². The van der Waals surface area contributed by atoms with Crippen LogP contribution < -0.4 is 21.7 Å². The van der Waals surface area contributed by atoms with E-state index in [4.69, 9.17) is 16.5 Å². The normalized spacial score (nSPS) is 19.1. The lowest BCUT2D eigenvalue weighted by molar-refractivity contribution is 0.175. The topological polar surface area (TPSA) is 112 Å². The molecule has 1 aliphatic carbocycles. The lowest BCUT2D eigenvalue weighted by Crippen LogP contribution is -2.58. The van der Waals surface area contributed by atoms with Gasteiger partial charge in [0.15, 0.2) is 0 Å². The van der Waals surface area contributed by atoms with Crippen molar-refractivity contribution in [2.75, 3.05) is 18.0 Å². The zero-order valence-electron chi connectivity index (χ0n) is 17.9. The third kappa shape index (κ3) is 4.89. The molecule has 1 fully saturated rings. The molecule has 1 unspecified atom stereocenters. The van der Waals surface area contributed by atoms with Gasteiger partial charge in [0.1, 0.15) is 5.66 Å². The average Bonchev–Trinajstić information content (AvgIpc) is 2.78. The van der Waals surface area contributed by atoms with Gasteiger partial charge in [0.05, 0.1) is 6.10 Å². The Hall–Kier alpha value is -2.90. The third-order valence-electron chi connectivity index (χ3n) is 6.16. The first kappa shape index (κ1) is 21.3. The molecule has 2 aliphatic rings. The lowest BCUT2D eigenvalue weighted by atomic mass is 9.87. The van der Waals surface area contributed by atoms with Crippen molar-refractivity contribution in [2.45, 2.75) is 50.3 Å². The summed E-state index contributed by atoms with van der Waals surface area (Å²) in [4.78, 5) is 11.0. The second-order valence-electron chi connectivity index (χ2n) is 8.37. The molecule has 164 valence electrons. The summed E-state index contributed by atoms with van der Waals surface area (Å²) in [5.74, 6) is 0.690. The van der Waals surface area contributed by atoms with E-state index in [1.165, 1.54) is 12.0 Å². The average molecular weight is 421 g/mol. The standard InChI is InChI=1S/C24H32N6O/c25-22-28-23(26)30(24(29-22)14-5-2-6-15-24)20-11-9-18(10-12-20)13-16-27-17-21(31)19-7-3-1-4-8-19/h1,3-4,7-12,21,27,31H,2,5-6,13-17H2,(H4,25,26,28,29). The van der Waals surface area contributed by atoms with Gasteiger partial charge in [-0.2, -0.15) is 4.99 Å². The van der Waals surface area contributed by atoms with Crippen LogP contribution in [0.15, 0.2) is 64.6 Å². The molecule has 6 N–H and O–H groups in total. The van der Waals surface area contributed by atoms with E-state index in [0.29, 0.717) is 12.5 Å². The Bertz CT molecular complexity index is 919. The van der Waals surface area contributed by atoms with E-state index in [1.54, 1.807) is 0 Å². The van der Waals surface area contributed by atoms with Crippen molar-refractivity contribution in [1.29, 1.82) is 0 Å². The smallest absolute Gasteiger partial charge is 0.220 e. The van der Waals surface area contributed by atoms with Crippen LogP contribution in [0.1, 0.15) is 49.3 Å². The molecule has 1 atom stereocenters. The fourth-order valence-electron chi connectivity index (χ4n) is 4.57. The molecule has 2 aromatic rings. The van der Waals surface area contributed by atoms with Gasteiger partial charge in [-0.3, -0.25) is 4.90 Å². The van der Waals surface area contributed by atoms with Crippen molar-refractivity contribution in [3.05, 3.63) is 65.7 Å². The number of hydrogen-bond acceptors (Lipinski definition) is 7. The molecular weight excluding hydrogens is 388 g/mol. The maximum Gasteiger partial charge on any atom is 0.220 e. The summed E-state index contributed by atoms with van der Waals surface area (Å²) in [6.07, 6.45) is 5.68. The van der Waals surface area contributed by atoms with Gasteiger partial charge < -0.3 is 21.9 Å². The van der Waals surface area contributed by atoms with Crippen LogP contribution in [0.3, 0.4) is 0 Å². The Morgan fingerprint density at radius 3 is 2.42 bits per heavy atom. The highest BCUT2D eigenvalue weighted by Crippen LogP contribution is 2.39. The Balaban J connectivity index is 1.36. The van der Waals surface area contributed by atoms with E-state index in [2.05, 4.69) is 39.5 Å². The van der Waals surface area contributed by atoms with Crippen molar-refractivity contribution >= 4 is 17.6 Å². The molecule has 1 saturated carbocycles. The summed E-state index contributed by atoms with van der Waals surface area (Å²) in [5.41, 5.74) is 15.0. The van der Waals surface area contributed by atoms with Crippen LogP contribution in [0.5, 0.6) is 0 Å². The number of aliphatic hydroxyl groups excluding tert-OH is 1. The minimum atomic E-state index is -0.496. The second-order valence-corrected chi connectivity index (χ2v) is 8.37. The first-order chi connectivity index (χ1) is 15.1. The summed E-state index contributed by atoms with van der Waals surface area (Å²) >= 11 is 0. The minimum absolute atomic E-state index is 0.274. The molecule has 4 rings (SSSR count). The fraction of sp³-hybridized carbons (Fsp3) is 0.417. The van der Waals surface area contributed by atoms with E-state index in [1.807, 2.05) is 30.3 Å². The quantitative estimate of drug-likeness (QED) is 0.515. The summed E-state index contributed by atoms with van der Waals surface area (Å²) in [7, 11) is 0. The zero-order chi connectivity index (χ0) is 21.7. The van der Waals surface area contributed by atoms with Gasteiger partial charge in [-0.15, -0.1) is 0 Å². The number of nitrogens with one attached hydrogen (secondary N) is 1. The van der Waals surface area contributed by atoms with Crippen LogP contribution in [0.2, 0.25) is 0 Å². The first-order valence-electron chi connectivity index (χ1n) is 11.1. The molecule has 0 saturated heterocycles. The van der Waals surface area contributed by atoms with E-state index in [-0.39, 0.29) is 5.96 Å². The molecule has 7 nitrogen and oxygen atoms in total. The van der Waals surface area contributed by atoms with E-state index >= 15 is 0 Å². The fourth-order valence-corrected chi connectivity index (χ4v) is 4.57. The van der Waals surface area contributed by atoms with E-state index in [0.717, 1.165) is 49.9 Å². The molecule has 1 aliphatic heterocycles. The number of guanidine groups is 2. The molecule has 31 heavy (non-hydrogen) atoms. The zero-order valence-corrected chi connectivity index (χ0v) is 17.9. The van der Waals surface area contributed by atoms with Gasteiger partial charge in [0.2, 0.25) is 11.9 Å². The number of hydrogen-bond donors (Lipinski definition) is 4. The second kappa shape index (κ2) is 9.49. The van der Waals surface area contributed by atoms with Gasteiger partial charge in [-0.1, -0.05) is 48.9 Å².